The molecule has 0 saturated carbocycles. The number of likely N-dealkylation sites (tertiary alicyclic amines) is 1. The molecule has 0 bridgehead atoms. The zero-order valence-corrected chi connectivity index (χ0v) is 18.5. The highest BCUT2D eigenvalue weighted by Gasteiger charge is 2.49. The molecule has 1 unspecified atom stereocenters. The number of halogens is 3. The minimum Gasteiger partial charge on any atom is -0.473 e. The maximum atomic E-state index is 12.8. The van der Waals surface area contributed by atoms with Crippen molar-refractivity contribution in [1.82, 2.24) is 10.2 Å². The fourth-order valence-electron chi connectivity index (χ4n) is 3.93. The number of carbonyl (C=O) groups excluding carboxylic acids is 1. The highest BCUT2D eigenvalue weighted by molar-refractivity contribution is 6.27. The molecule has 7 nitrogen and oxygen atoms in total. The molecule has 0 aromatic heterocycles. The van der Waals surface area contributed by atoms with Crippen molar-refractivity contribution in [2.75, 3.05) is 19.6 Å². The van der Waals surface area contributed by atoms with Crippen LogP contribution in [0.1, 0.15) is 32.4 Å². The Morgan fingerprint density at radius 3 is 2.24 bits per heavy atom. The molecular formula is C23H27F3N2O5. The number of alkyl halides is 3. The number of nitrogens with one attached hydrogen (secondary N) is 1. The molecule has 2 aromatic carbocycles. The third-order valence-electron chi connectivity index (χ3n) is 5.82. The molecule has 0 radical (unpaired) electrons. The van der Waals surface area contributed by atoms with Crippen LogP contribution in [-0.2, 0) is 14.4 Å². The van der Waals surface area contributed by atoms with Crippen LogP contribution in [0.2, 0.25) is 0 Å². The first kappa shape index (κ1) is 26.1. The Kier molecular flexibility index (Phi) is 8.07. The van der Waals surface area contributed by atoms with Crippen LogP contribution in [0.4, 0.5) is 13.2 Å². The third-order valence-corrected chi connectivity index (χ3v) is 5.82. The smallest absolute Gasteiger partial charge is 0.471 e. The highest BCUT2D eigenvalue weighted by atomic mass is 19.4. The molecule has 1 saturated heterocycles. The molecule has 33 heavy (non-hydrogen) atoms. The summed E-state index contributed by atoms with van der Waals surface area (Å²) in [6.45, 7) is 6.71. The average Bonchev–Trinajstić information content (AvgIpc) is 3.04. The number of rotatable bonds is 4. The first-order valence-corrected chi connectivity index (χ1v) is 10.3. The van der Waals surface area contributed by atoms with Crippen molar-refractivity contribution >= 4 is 28.6 Å². The maximum Gasteiger partial charge on any atom is 0.471 e. The summed E-state index contributed by atoms with van der Waals surface area (Å²) in [5.74, 6) is -5.42. The van der Waals surface area contributed by atoms with Crippen molar-refractivity contribution in [3.8, 4) is 0 Å². The van der Waals surface area contributed by atoms with Gasteiger partial charge in [-0.3, -0.25) is 4.79 Å². The predicted octanol–water partition coefficient (Wildman–Crippen LogP) is 3.69. The predicted molar refractivity (Wildman–Crippen MR) is 116 cm³/mol. The van der Waals surface area contributed by atoms with Crippen molar-refractivity contribution in [2.45, 2.75) is 33.0 Å². The van der Waals surface area contributed by atoms with Gasteiger partial charge in [-0.1, -0.05) is 56.3 Å². The first-order valence-electron chi connectivity index (χ1n) is 10.3. The molecule has 1 heterocycles. The molecule has 10 heteroatoms. The lowest BCUT2D eigenvalue weighted by atomic mass is 9.82. The molecule has 0 aliphatic carbocycles. The van der Waals surface area contributed by atoms with Crippen molar-refractivity contribution in [1.29, 1.82) is 0 Å². The van der Waals surface area contributed by atoms with E-state index in [-0.39, 0.29) is 30.5 Å². The van der Waals surface area contributed by atoms with Gasteiger partial charge in [-0.25, -0.2) is 9.59 Å². The van der Waals surface area contributed by atoms with E-state index in [1.54, 1.807) is 0 Å². The SMILES string of the molecule is C[C@@H](NCC1CN(C(=O)C(F)(F)F)CC1(C)C)c1cccc2ccccc12.O=C(O)C(=O)O. The van der Waals surface area contributed by atoms with E-state index < -0.39 is 24.0 Å². The van der Waals surface area contributed by atoms with E-state index in [1.807, 2.05) is 32.0 Å². The normalized spacial score (nSPS) is 18.4. The van der Waals surface area contributed by atoms with E-state index in [0.29, 0.717) is 6.54 Å². The summed E-state index contributed by atoms with van der Waals surface area (Å²) in [6, 6.07) is 14.3. The molecule has 1 aliphatic rings. The Morgan fingerprint density at radius 1 is 1.09 bits per heavy atom. The second kappa shape index (κ2) is 10.2. The first-order chi connectivity index (χ1) is 15.2. The van der Waals surface area contributed by atoms with Crippen LogP contribution >= 0.6 is 0 Å². The van der Waals surface area contributed by atoms with Crippen LogP contribution in [0.25, 0.3) is 10.8 Å². The van der Waals surface area contributed by atoms with Gasteiger partial charge >= 0.3 is 24.0 Å². The zero-order valence-electron chi connectivity index (χ0n) is 18.5. The molecule has 1 amide bonds. The lowest BCUT2D eigenvalue weighted by Crippen LogP contribution is -2.40. The van der Waals surface area contributed by atoms with Crippen molar-refractivity contribution in [3.05, 3.63) is 48.0 Å². The number of benzene rings is 2. The Labute approximate surface area is 189 Å². The van der Waals surface area contributed by atoms with E-state index in [2.05, 4.69) is 36.5 Å². The second-order valence-corrected chi connectivity index (χ2v) is 8.68. The molecule has 2 atom stereocenters. The number of nitrogens with zero attached hydrogens (tertiary/aromatic N) is 1. The Balaban J connectivity index is 0.000000569. The Morgan fingerprint density at radius 2 is 1.67 bits per heavy atom. The van der Waals surface area contributed by atoms with Gasteiger partial charge in [0.1, 0.15) is 0 Å². The van der Waals surface area contributed by atoms with Crippen molar-refractivity contribution in [2.24, 2.45) is 11.3 Å². The number of aliphatic carboxylic acids is 2. The minimum atomic E-state index is -4.81. The van der Waals surface area contributed by atoms with Gasteiger partial charge in [0.15, 0.2) is 0 Å². The van der Waals surface area contributed by atoms with Crippen LogP contribution in [0, 0.1) is 11.3 Å². The molecule has 3 rings (SSSR count). The molecule has 2 aromatic rings. The number of hydrogen-bond acceptors (Lipinski definition) is 4. The summed E-state index contributed by atoms with van der Waals surface area (Å²) < 4.78 is 38.3. The van der Waals surface area contributed by atoms with Crippen LogP contribution in [0.15, 0.2) is 42.5 Å². The number of fused-ring (bicyclic) bond motifs is 1. The lowest BCUT2D eigenvalue weighted by molar-refractivity contribution is -0.184. The van der Waals surface area contributed by atoms with Crippen molar-refractivity contribution in [3.63, 3.8) is 0 Å². The Bertz CT molecular complexity index is 1010. The summed E-state index contributed by atoms with van der Waals surface area (Å²) in [5.41, 5.74) is 0.791. The van der Waals surface area contributed by atoms with E-state index in [0.717, 1.165) is 15.8 Å². The zero-order chi connectivity index (χ0) is 25.0. The monoisotopic (exact) mass is 468 g/mol. The van der Waals surface area contributed by atoms with E-state index in [4.69, 9.17) is 19.8 Å². The van der Waals surface area contributed by atoms with E-state index >= 15 is 0 Å². The summed E-state index contributed by atoms with van der Waals surface area (Å²) in [5, 5.41) is 20.6. The molecule has 0 spiro atoms. The second-order valence-electron chi connectivity index (χ2n) is 8.68. The summed E-state index contributed by atoms with van der Waals surface area (Å²) in [6.07, 6.45) is -4.81. The van der Waals surface area contributed by atoms with E-state index in [1.165, 1.54) is 5.39 Å². The highest BCUT2D eigenvalue weighted by Crippen LogP contribution is 2.37. The number of carboxylic acid groups (broad SMARTS) is 2. The van der Waals surface area contributed by atoms with Crippen molar-refractivity contribution < 1.29 is 37.8 Å². The quantitative estimate of drug-likeness (QED) is 0.591. The van der Waals surface area contributed by atoms with Gasteiger partial charge in [0.05, 0.1) is 0 Å². The Hall–Kier alpha value is -3.14. The van der Waals surface area contributed by atoms with Gasteiger partial charge in [0.25, 0.3) is 0 Å². The molecule has 180 valence electrons. The largest absolute Gasteiger partial charge is 0.473 e. The average molecular weight is 468 g/mol. The van der Waals surface area contributed by atoms with Gasteiger partial charge in [0.2, 0.25) is 0 Å². The fourth-order valence-corrected chi connectivity index (χ4v) is 3.93. The van der Waals surface area contributed by atoms with E-state index in [9.17, 15) is 18.0 Å². The van der Waals surface area contributed by atoms with Gasteiger partial charge < -0.3 is 20.4 Å². The fraction of sp³-hybridized carbons (Fsp3) is 0.435. The summed E-state index contributed by atoms with van der Waals surface area (Å²) in [4.78, 5) is 30.7. The third kappa shape index (κ3) is 6.67. The van der Waals surface area contributed by atoms with Gasteiger partial charge in [-0.05, 0) is 34.6 Å². The van der Waals surface area contributed by atoms with Gasteiger partial charge in [-0.2, -0.15) is 13.2 Å². The molecular weight excluding hydrogens is 441 g/mol. The van der Waals surface area contributed by atoms with Crippen LogP contribution < -0.4 is 5.32 Å². The lowest BCUT2D eigenvalue weighted by Gasteiger charge is -2.27. The topological polar surface area (TPSA) is 107 Å². The molecule has 3 N–H and O–H groups in total. The molecule has 1 aliphatic heterocycles. The number of carboxylic acids is 2. The molecule has 1 fully saturated rings. The van der Waals surface area contributed by atoms with Gasteiger partial charge in [0, 0.05) is 25.7 Å². The van der Waals surface area contributed by atoms with Crippen LogP contribution in [0.5, 0.6) is 0 Å². The van der Waals surface area contributed by atoms with Crippen LogP contribution in [0.3, 0.4) is 0 Å². The number of hydrogen-bond donors (Lipinski definition) is 3. The summed E-state index contributed by atoms with van der Waals surface area (Å²) in [7, 11) is 0. The number of amides is 1. The standard InChI is InChI=1S/C21H25F3N2O.C2H2O4/c1-14(17-10-6-8-15-7-4-5-9-18(15)17)25-11-16-12-26(13-20(16,2)3)19(27)21(22,23)24;3-1(4)2(5)6/h4-10,14,16,25H,11-13H2,1-3H3;(H,3,4)(H,5,6)/t14-,16?;/m1./s1. The van der Waals surface area contributed by atoms with Crippen LogP contribution in [-0.4, -0.2) is 58.8 Å². The van der Waals surface area contributed by atoms with Gasteiger partial charge in [-0.15, -0.1) is 0 Å². The summed E-state index contributed by atoms with van der Waals surface area (Å²) >= 11 is 0. The number of carbonyl (C=O) groups is 3. The minimum absolute atomic E-state index is 0.0405. The maximum absolute atomic E-state index is 12.8.